The summed E-state index contributed by atoms with van der Waals surface area (Å²) in [5, 5.41) is 9.35. The van der Waals surface area contributed by atoms with E-state index in [2.05, 4.69) is 0 Å². The minimum atomic E-state index is -0.505. The number of hydrogen-bond acceptors (Lipinski definition) is 2. The average molecular weight is 182 g/mol. The second kappa shape index (κ2) is 2.45. The van der Waals surface area contributed by atoms with Gasteiger partial charge in [0.1, 0.15) is 0 Å². The van der Waals surface area contributed by atoms with Crippen molar-refractivity contribution < 1.29 is 9.50 Å². The van der Waals surface area contributed by atoms with E-state index < -0.39 is 5.82 Å². The van der Waals surface area contributed by atoms with Gasteiger partial charge >= 0.3 is 0 Å². The minimum absolute atomic E-state index is 0.226. The highest BCUT2D eigenvalue weighted by atomic mass is 32.1. The summed E-state index contributed by atoms with van der Waals surface area (Å²) in [7, 11) is 0. The molecule has 1 heterocycles. The standard InChI is InChI=1S/C9H7FOS/c1-5-2-3-6-7(4-5)12-9(11)8(6)10/h2-4,11H,1H3. The van der Waals surface area contributed by atoms with E-state index >= 15 is 0 Å². The maximum atomic E-state index is 13.1. The first-order valence-corrected chi connectivity index (χ1v) is 4.38. The molecule has 0 unspecified atom stereocenters. The van der Waals surface area contributed by atoms with E-state index in [1.54, 1.807) is 6.07 Å². The molecule has 0 aliphatic rings. The zero-order valence-electron chi connectivity index (χ0n) is 6.47. The van der Waals surface area contributed by atoms with Crippen LogP contribution in [0.2, 0.25) is 0 Å². The third kappa shape index (κ3) is 0.975. The SMILES string of the molecule is Cc1ccc2c(F)c(O)sc2c1. The van der Waals surface area contributed by atoms with Crippen LogP contribution in [0.25, 0.3) is 10.1 Å². The maximum Gasteiger partial charge on any atom is 0.209 e. The van der Waals surface area contributed by atoms with Gasteiger partial charge < -0.3 is 5.11 Å². The summed E-state index contributed by atoms with van der Waals surface area (Å²) < 4.78 is 13.8. The molecule has 0 aliphatic carbocycles. The van der Waals surface area contributed by atoms with Gasteiger partial charge in [0, 0.05) is 10.1 Å². The second-order valence-corrected chi connectivity index (χ2v) is 3.75. The number of hydrogen-bond donors (Lipinski definition) is 1. The van der Waals surface area contributed by atoms with E-state index in [0.29, 0.717) is 5.39 Å². The van der Waals surface area contributed by atoms with Crippen molar-refractivity contribution in [2.24, 2.45) is 0 Å². The van der Waals surface area contributed by atoms with Crippen LogP contribution in [0.3, 0.4) is 0 Å². The highest BCUT2D eigenvalue weighted by Gasteiger charge is 2.09. The lowest BCUT2D eigenvalue weighted by molar-refractivity contribution is 0.452. The fraction of sp³-hybridized carbons (Fsp3) is 0.111. The fourth-order valence-electron chi connectivity index (χ4n) is 1.16. The molecule has 0 bridgehead atoms. The molecule has 2 rings (SSSR count). The van der Waals surface area contributed by atoms with Gasteiger partial charge in [-0.25, -0.2) is 4.39 Å². The number of halogens is 1. The van der Waals surface area contributed by atoms with Crippen molar-refractivity contribution in [3.8, 4) is 5.06 Å². The monoisotopic (exact) mass is 182 g/mol. The molecule has 0 amide bonds. The summed E-state index contributed by atoms with van der Waals surface area (Å²) >= 11 is 1.07. The summed E-state index contributed by atoms with van der Waals surface area (Å²) in [6, 6.07) is 5.39. The van der Waals surface area contributed by atoms with E-state index in [4.69, 9.17) is 5.11 Å². The minimum Gasteiger partial charge on any atom is -0.497 e. The van der Waals surface area contributed by atoms with Crippen LogP contribution in [0.15, 0.2) is 18.2 Å². The lowest BCUT2D eigenvalue weighted by Crippen LogP contribution is -1.71. The van der Waals surface area contributed by atoms with E-state index in [1.807, 2.05) is 19.1 Å². The van der Waals surface area contributed by atoms with Crippen molar-refractivity contribution >= 4 is 21.4 Å². The Kier molecular flexibility index (Phi) is 1.54. The first-order chi connectivity index (χ1) is 5.68. The molecule has 1 aromatic heterocycles. The normalized spacial score (nSPS) is 10.8. The van der Waals surface area contributed by atoms with Crippen molar-refractivity contribution in [3.05, 3.63) is 29.6 Å². The molecular weight excluding hydrogens is 175 g/mol. The molecule has 62 valence electrons. The molecule has 12 heavy (non-hydrogen) atoms. The highest BCUT2D eigenvalue weighted by Crippen LogP contribution is 2.35. The molecule has 1 aromatic carbocycles. The summed E-state index contributed by atoms with van der Waals surface area (Å²) in [6.07, 6.45) is 0. The van der Waals surface area contributed by atoms with Crippen molar-refractivity contribution in [2.45, 2.75) is 6.92 Å². The quantitative estimate of drug-likeness (QED) is 0.663. The Hall–Kier alpha value is -1.09. The summed E-state index contributed by atoms with van der Waals surface area (Å²) in [4.78, 5) is 0. The topological polar surface area (TPSA) is 20.2 Å². The van der Waals surface area contributed by atoms with Crippen molar-refractivity contribution in [1.82, 2.24) is 0 Å². The van der Waals surface area contributed by atoms with Gasteiger partial charge in [-0.1, -0.05) is 23.5 Å². The molecule has 0 fully saturated rings. The van der Waals surface area contributed by atoms with E-state index in [9.17, 15) is 4.39 Å². The van der Waals surface area contributed by atoms with E-state index in [0.717, 1.165) is 21.6 Å². The molecule has 0 saturated heterocycles. The summed E-state index contributed by atoms with van der Waals surface area (Å²) in [6.45, 7) is 1.94. The Balaban J connectivity index is 2.87. The molecule has 0 atom stereocenters. The van der Waals surface area contributed by atoms with Gasteiger partial charge in [0.2, 0.25) is 5.06 Å². The summed E-state index contributed by atoms with van der Waals surface area (Å²) in [5.41, 5.74) is 1.07. The molecule has 1 N–H and O–H groups in total. The Morgan fingerprint density at radius 1 is 1.42 bits per heavy atom. The number of benzene rings is 1. The lowest BCUT2D eigenvalue weighted by atomic mass is 10.2. The zero-order valence-corrected chi connectivity index (χ0v) is 7.28. The van der Waals surface area contributed by atoms with Crippen LogP contribution in [0.4, 0.5) is 4.39 Å². The van der Waals surface area contributed by atoms with Crippen LogP contribution in [0.5, 0.6) is 5.06 Å². The van der Waals surface area contributed by atoms with Gasteiger partial charge in [-0.3, -0.25) is 0 Å². The van der Waals surface area contributed by atoms with Crippen LogP contribution in [-0.2, 0) is 0 Å². The summed E-state index contributed by atoms with van der Waals surface area (Å²) in [5.74, 6) is -0.505. The largest absolute Gasteiger partial charge is 0.497 e. The van der Waals surface area contributed by atoms with Gasteiger partial charge in [0.15, 0.2) is 5.82 Å². The number of fused-ring (bicyclic) bond motifs is 1. The Labute approximate surface area is 73.1 Å². The Morgan fingerprint density at radius 2 is 2.17 bits per heavy atom. The Bertz CT molecular complexity index is 433. The predicted octanol–water partition coefficient (Wildman–Crippen LogP) is 3.05. The number of rotatable bonds is 0. The second-order valence-electron chi connectivity index (χ2n) is 2.72. The maximum absolute atomic E-state index is 13.1. The fourth-order valence-corrected chi connectivity index (χ4v) is 2.08. The molecule has 0 spiro atoms. The third-order valence-electron chi connectivity index (χ3n) is 1.77. The molecule has 0 saturated carbocycles. The molecule has 3 heteroatoms. The number of aryl methyl sites for hydroxylation is 1. The predicted molar refractivity (Wildman–Crippen MR) is 48.2 cm³/mol. The van der Waals surface area contributed by atoms with Gasteiger partial charge in [-0.2, -0.15) is 0 Å². The van der Waals surface area contributed by atoms with Crippen molar-refractivity contribution in [3.63, 3.8) is 0 Å². The van der Waals surface area contributed by atoms with Gasteiger partial charge in [-0.15, -0.1) is 0 Å². The van der Waals surface area contributed by atoms with Crippen LogP contribution < -0.4 is 0 Å². The van der Waals surface area contributed by atoms with Crippen LogP contribution >= 0.6 is 11.3 Å². The van der Waals surface area contributed by atoms with Crippen LogP contribution in [-0.4, -0.2) is 5.11 Å². The van der Waals surface area contributed by atoms with Gasteiger partial charge in [0.05, 0.1) is 0 Å². The molecule has 0 aliphatic heterocycles. The van der Waals surface area contributed by atoms with Crippen molar-refractivity contribution in [2.75, 3.05) is 0 Å². The van der Waals surface area contributed by atoms with Gasteiger partial charge in [-0.05, 0) is 18.6 Å². The number of thiophene rings is 1. The average Bonchev–Trinajstić information content (AvgIpc) is 2.28. The first-order valence-electron chi connectivity index (χ1n) is 3.56. The number of aromatic hydroxyl groups is 1. The molecule has 1 nitrogen and oxygen atoms in total. The van der Waals surface area contributed by atoms with Crippen LogP contribution in [0.1, 0.15) is 5.56 Å². The smallest absolute Gasteiger partial charge is 0.209 e. The lowest BCUT2D eigenvalue weighted by Gasteiger charge is -1.90. The molecular formula is C9H7FOS. The molecule has 0 radical (unpaired) electrons. The first kappa shape index (κ1) is 7.55. The van der Waals surface area contributed by atoms with Crippen molar-refractivity contribution in [1.29, 1.82) is 0 Å². The van der Waals surface area contributed by atoms with E-state index in [-0.39, 0.29) is 5.06 Å². The highest BCUT2D eigenvalue weighted by molar-refractivity contribution is 7.20. The molecule has 2 aromatic rings. The van der Waals surface area contributed by atoms with E-state index in [1.165, 1.54) is 0 Å². The zero-order chi connectivity index (χ0) is 8.72. The third-order valence-corrected chi connectivity index (χ3v) is 2.70. The van der Waals surface area contributed by atoms with Gasteiger partial charge in [0.25, 0.3) is 0 Å². The Morgan fingerprint density at radius 3 is 2.92 bits per heavy atom. The van der Waals surface area contributed by atoms with Crippen LogP contribution in [0, 0.1) is 12.7 Å².